The van der Waals surface area contributed by atoms with E-state index in [-0.39, 0.29) is 43.4 Å². The number of aromatic nitrogens is 3. The fraction of sp³-hybridized carbons (Fsp3) is 0.566. The number of carbonyl (C=O) groups excluding carboxylic acids is 5. The SMILES string of the molecule is CCn1c(-c2cccnc2[C@H](C)OC)c2c3cc(ccc31)-c1cc(sn1)C[C@H](NC(=O)C(C(C)C)N(C)C(=O)[C@@H]1CCN(C(=O)C#CCN3CCOCC3)C1)C(=O)N1CCC[C@H](N1)C(=O)OCC(C)(C)C2. The first kappa shape index (κ1) is 51.6. The van der Waals surface area contributed by atoms with Crippen molar-refractivity contribution in [1.82, 2.24) is 44.4 Å². The first-order valence-corrected chi connectivity index (χ1v) is 25.8. The number of morpholine rings is 1. The average molecular weight is 992 g/mol. The molecule has 7 heterocycles. The fourth-order valence-electron chi connectivity index (χ4n) is 10.4. The van der Waals surface area contributed by atoms with Crippen LogP contribution in [0.1, 0.15) is 83.0 Å². The molecule has 0 radical (unpaired) electrons. The minimum Gasteiger partial charge on any atom is -0.464 e. The number of hydrogen-bond acceptors (Lipinski definition) is 13. The number of carbonyl (C=O) groups is 5. The number of pyridine rings is 1. The fourth-order valence-corrected chi connectivity index (χ4v) is 11.2. The predicted octanol–water partition coefficient (Wildman–Crippen LogP) is 4.87. The Morgan fingerprint density at radius 3 is 2.61 bits per heavy atom. The third-order valence-electron chi connectivity index (χ3n) is 14.3. The van der Waals surface area contributed by atoms with Gasteiger partial charge in [0.2, 0.25) is 11.8 Å². The molecule has 71 heavy (non-hydrogen) atoms. The van der Waals surface area contributed by atoms with Crippen LogP contribution in [-0.4, -0.2) is 155 Å². The number of ether oxygens (including phenoxy) is 3. The summed E-state index contributed by atoms with van der Waals surface area (Å²) in [6, 6.07) is 9.58. The van der Waals surface area contributed by atoms with Gasteiger partial charge in [0.1, 0.15) is 18.1 Å². The average Bonchev–Trinajstić information content (AvgIpc) is 4.13. The van der Waals surface area contributed by atoms with Crippen molar-refractivity contribution in [3.63, 3.8) is 0 Å². The molecular weight excluding hydrogens is 923 g/mol. The summed E-state index contributed by atoms with van der Waals surface area (Å²) < 4.78 is 24.6. The molecular formula is C53H69N9O8S. The molecule has 0 spiro atoms. The number of benzene rings is 1. The van der Waals surface area contributed by atoms with Gasteiger partial charge in [0.05, 0.1) is 55.5 Å². The quantitative estimate of drug-likeness (QED) is 0.163. The number of fused-ring (bicyclic) bond motifs is 6. The van der Waals surface area contributed by atoms with Crippen molar-refractivity contribution >= 4 is 52.0 Å². The number of methoxy groups -OCH3 is 1. The third-order valence-corrected chi connectivity index (χ3v) is 15.1. The van der Waals surface area contributed by atoms with Gasteiger partial charge >= 0.3 is 5.97 Å². The lowest BCUT2D eigenvalue weighted by molar-refractivity contribution is -0.155. The first-order chi connectivity index (χ1) is 34.1. The number of likely N-dealkylation sites (tertiary alicyclic amines) is 1. The molecule has 4 aliphatic rings. The van der Waals surface area contributed by atoms with Crippen molar-refractivity contribution in [2.24, 2.45) is 17.3 Å². The van der Waals surface area contributed by atoms with Crippen molar-refractivity contribution in [2.45, 2.75) is 104 Å². The topological polar surface area (TPSA) is 181 Å². The minimum absolute atomic E-state index is 0.115. The van der Waals surface area contributed by atoms with Crippen LogP contribution in [0.4, 0.5) is 0 Å². The van der Waals surface area contributed by atoms with Gasteiger partial charge in [-0.3, -0.25) is 38.9 Å². The summed E-state index contributed by atoms with van der Waals surface area (Å²) in [7, 11) is 3.29. The van der Waals surface area contributed by atoms with Gasteiger partial charge in [0.25, 0.3) is 11.8 Å². The first-order valence-electron chi connectivity index (χ1n) is 25.1. The van der Waals surface area contributed by atoms with Crippen LogP contribution in [0.15, 0.2) is 42.6 Å². The molecule has 1 unspecified atom stereocenters. The number of amides is 4. The minimum atomic E-state index is -1.07. The van der Waals surface area contributed by atoms with E-state index < -0.39 is 47.2 Å². The number of esters is 1. The summed E-state index contributed by atoms with van der Waals surface area (Å²) in [4.78, 5) is 81.3. The van der Waals surface area contributed by atoms with Crippen molar-refractivity contribution in [3.05, 3.63) is 58.7 Å². The van der Waals surface area contributed by atoms with Crippen molar-refractivity contribution in [2.75, 3.05) is 73.2 Å². The Morgan fingerprint density at radius 2 is 1.86 bits per heavy atom. The van der Waals surface area contributed by atoms with Crippen LogP contribution in [0.5, 0.6) is 0 Å². The molecule has 3 saturated heterocycles. The van der Waals surface area contributed by atoms with Crippen LogP contribution in [-0.2, 0) is 57.6 Å². The van der Waals surface area contributed by atoms with E-state index in [1.54, 1.807) is 25.3 Å². The number of nitrogens with one attached hydrogen (secondary N) is 2. The zero-order chi connectivity index (χ0) is 50.6. The van der Waals surface area contributed by atoms with Crippen LogP contribution in [0.2, 0.25) is 0 Å². The van der Waals surface area contributed by atoms with Gasteiger partial charge in [-0.05, 0) is 98.8 Å². The van der Waals surface area contributed by atoms with Crippen LogP contribution in [0, 0.1) is 29.1 Å². The molecule has 3 fully saturated rings. The molecule has 5 atom stereocenters. The van der Waals surface area contributed by atoms with Crippen LogP contribution in [0.3, 0.4) is 0 Å². The second-order valence-electron chi connectivity index (χ2n) is 20.4. The molecule has 380 valence electrons. The highest BCUT2D eigenvalue weighted by Crippen LogP contribution is 2.42. The summed E-state index contributed by atoms with van der Waals surface area (Å²) in [5, 5.41) is 5.52. The van der Waals surface area contributed by atoms with E-state index in [4.69, 9.17) is 23.6 Å². The van der Waals surface area contributed by atoms with Gasteiger partial charge in [-0.2, -0.15) is 4.37 Å². The van der Waals surface area contributed by atoms with E-state index in [0.29, 0.717) is 65.1 Å². The Balaban J connectivity index is 1.08. The van der Waals surface area contributed by atoms with E-state index in [9.17, 15) is 24.0 Å². The van der Waals surface area contributed by atoms with E-state index >= 15 is 0 Å². The highest BCUT2D eigenvalue weighted by atomic mass is 32.1. The standard InChI is InChI=1S/C53H69N9O8S/c1-9-61-44-17-16-35-27-39(44)40(48(61)38-13-10-19-54-46(38)34(4)68-8)30-53(5,6)32-70-52(67)41-14-11-21-62(56-41)51(66)43(29-37-28-42(35)57-71-37)55-49(64)47(33(2)3)58(7)50(65)36-18-22-60(31-36)45(63)15-12-20-59-23-25-69-26-24-59/h10,13,16-17,19,27-28,33-34,36,41,43,47,56H,9,11,14,18,20-26,29-32H2,1-8H3,(H,55,64)/t34-,36+,41-,43-,47?/m0/s1. The van der Waals surface area contributed by atoms with Gasteiger partial charge in [-0.1, -0.05) is 39.7 Å². The van der Waals surface area contributed by atoms with Gasteiger partial charge in [-0.25, -0.2) is 5.43 Å². The third kappa shape index (κ3) is 11.5. The second kappa shape index (κ2) is 22.4. The van der Waals surface area contributed by atoms with Crippen LogP contribution >= 0.6 is 11.5 Å². The van der Waals surface area contributed by atoms with E-state index in [2.05, 4.69) is 77.1 Å². The maximum atomic E-state index is 14.7. The Labute approximate surface area is 421 Å². The Kier molecular flexibility index (Phi) is 16.3. The van der Waals surface area contributed by atoms with Crippen LogP contribution < -0.4 is 10.7 Å². The number of rotatable bonds is 10. The summed E-state index contributed by atoms with van der Waals surface area (Å²) >= 11 is 1.27. The van der Waals surface area contributed by atoms with E-state index in [0.717, 1.165) is 62.6 Å². The lowest BCUT2D eigenvalue weighted by atomic mass is 9.84. The second-order valence-corrected chi connectivity index (χ2v) is 21.3. The van der Waals surface area contributed by atoms with Gasteiger partial charge in [-0.15, -0.1) is 0 Å². The zero-order valence-corrected chi connectivity index (χ0v) is 43.2. The molecule has 8 rings (SSSR count). The molecule has 1 aromatic carbocycles. The highest BCUT2D eigenvalue weighted by Gasteiger charge is 2.40. The van der Waals surface area contributed by atoms with Crippen LogP contribution in [0.25, 0.3) is 33.4 Å². The molecule has 4 aromatic rings. The summed E-state index contributed by atoms with van der Waals surface area (Å²) in [5.74, 6) is 2.95. The highest BCUT2D eigenvalue weighted by molar-refractivity contribution is 7.06. The van der Waals surface area contributed by atoms with Crippen molar-refractivity contribution in [3.8, 4) is 34.4 Å². The normalized spacial score (nSPS) is 21.8. The molecule has 17 nitrogen and oxygen atoms in total. The largest absolute Gasteiger partial charge is 0.464 e. The lowest BCUT2D eigenvalue weighted by Gasteiger charge is -2.37. The number of likely N-dealkylation sites (N-methyl/N-ethyl adjacent to an activating group) is 1. The van der Waals surface area contributed by atoms with Crippen molar-refractivity contribution < 1.29 is 38.2 Å². The Morgan fingerprint density at radius 1 is 1.07 bits per heavy atom. The van der Waals surface area contributed by atoms with E-state index in [1.165, 1.54) is 21.4 Å². The van der Waals surface area contributed by atoms with E-state index in [1.807, 2.05) is 32.9 Å². The van der Waals surface area contributed by atoms with Gasteiger partial charge in [0.15, 0.2) is 0 Å². The van der Waals surface area contributed by atoms with Gasteiger partial charge < -0.3 is 33.9 Å². The number of hydrazine groups is 1. The number of nitrogens with zero attached hydrogens (tertiary/aromatic N) is 7. The molecule has 3 aromatic heterocycles. The smallest absolute Gasteiger partial charge is 0.324 e. The lowest BCUT2D eigenvalue weighted by Crippen LogP contribution is -2.62. The number of cyclic esters (lactones) is 1. The molecule has 6 bridgehead atoms. The molecule has 4 amide bonds. The molecule has 0 aliphatic carbocycles. The molecule has 18 heteroatoms. The maximum absolute atomic E-state index is 14.7. The Bertz CT molecular complexity index is 2680. The number of aryl methyl sites for hydroxylation is 1. The predicted molar refractivity (Wildman–Crippen MR) is 270 cm³/mol. The number of hydrogen-bond donors (Lipinski definition) is 2. The monoisotopic (exact) mass is 991 g/mol. The maximum Gasteiger partial charge on any atom is 0.324 e. The summed E-state index contributed by atoms with van der Waals surface area (Å²) in [6.45, 7) is 17.1. The molecule has 0 saturated carbocycles. The zero-order valence-electron chi connectivity index (χ0n) is 42.4. The van der Waals surface area contributed by atoms with Crippen molar-refractivity contribution in [1.29, 1.82) is 0 Å². The summed E-state index contributed by atoms with van der Waals surface area (Å²) in [6.07, 6.45) is 3.66. The van der Waals surface area contributed by atoms with Gasteiger partial charge in [0, 0.05) is 98.4 Å². The molecule has 4 aliphatic heterocycles. The Hall–Kier alpha value is -5.71. The summed E-state index contributed by atoms with van der Waals surface area (Å²) in [5.41, 5.74) is 9.24. The molecule has 2 N–H and O–H groups in total.